The Hall–Kier alpha value is -1.68. The minimum Gasteiger partial charge on any atom is -0.391 e. The van der Waals surface area contributed by atoms with E-state index >= 15 is 0 Å². The summed E-state index contributed by atoms with van der Waals surface area (Å²) in [6, 6.07) is 0. The maximum atomic E-state index is 13.3. The molecule has 0 aliphatic heterocycles. The van der Waals surface area contributed by atoms with Gasteiger partial charge in [0.05, 0.1) is 24.2 Å². The second kappa shape index (κ2) is 6.44. The van der Waals surface area contributed by atoms with Crippen LogP contribution in [0, 0.1) is 0 Å². The van der Waals surface area contributed by atoms with E-state index in [-0.39, 0.29) is 24.3 Å². The van der Waals surface area contributed by atoms with E-state index in [9.17, 15) is 32.3 Å². The Morgan fingerprint density at radius 3 is 2.35 bits per heavy atom. The molecule has 2 rings (SSSR count). The summed E-state index contributed by atoms with van der Waals surface area (Å²) in [6.45, 7) is -0.444. The van der Waals surface area contributed by atoms with Crippen LogP contribution in [0.15, 0.2) is 9.59 Å². The molecule has 0 saturated carbocycles. The Labute approximate surface area is 131 Å². The second-order valence-corrected chi connectivity index (χ2v) is 5.85. The smallest absolute Gasteiger partial charge is 0.391 e. The Morgan fingerprint density at radius 2 is 1.87 bits per heavy atom. The molecule has 0 amide bonds. The molecule has 0 saturated heterocycles. The van der Waals surface area contributed by atoms with Crippen LogP contribution in [0.3, 0.4) is 0 Å². The average Bonchev–Trinajstić information content (AvgIpc) is 2.87. The summed E-state index contributed by atoms with van der Waals surface area (Å²) >= 11 is 0.533. The fourth-order valence-electron chi connectivity index (χ4n) is 2.41. The van der Waals surface area contributed by atoms with Crippen LogP contribution in [0.4, 0.5) is 17.6 Å². The van der Waals surface area contributed by atoms with E-state index < -0.39 is 46.5 Å². The molecular formula is C13H14F4N2O3S. The van der Waals surface area contributed by atoms with Crippen molar-refractivity contribution in [2.75, 3.05) is 6.67 Å². The molecule has 128 valence electrons. The lowest BCUT2D eigenvalue weighted by Gasteiger charge is -2.11. The summed E-state index contributed by atoms with van der Waals surface area (Å²) in [7, 11) is 0. The molecule has 2 aromatic heterocycles. The first-order valence-corrected chi connectivity index (χ1v) is 7.62. The number of halogens is 4. The summed E-state index contributed by atoms with van der Waals surface area (Å²) in [6.07, 6.45) is -4.91. The highest BCUT2D eigenvalue weighted by atomic mass is 32.1. The van der Waals surface area contributed by atoms with Gasteiger partial charge in [-0.1, -0.05) is 0 Å². The number of thiophene rings is 1. The largest absolute Gasteiger partial charge is 0.418 e. The first-order valence-electron chi connectivity index (χ1n) is 6.80. The molecule has 10 heteroatoms. The molecule has 2 aromatic rings. The van der Waals surface area contributed by atoms with Gasteiger partial charge in [-0.15, -0.1) is 11.3 Å². The van der Waals surface area contributed by atoms with Gasteiger partial charge in [-0.2, -0.15) is 13.2 Å². The first kappa shape index (κ1) is 17.7. The number of aliphatic hydroxyl groups excluding tert-OH is 1. The van der Waals surface area contributed by atoms with Crippen molar-refractivity contribution >= 4 is 21.6 Å². The van der Waals surface area contributed by atoms with Crippen LogP contribution in [0.1, 0.15) is 23.8 Å². The Bertz CT molecular complexity index is 835. The topological polar surface area (TPSA) is 64.2 Å². The molecule has 0 aliphatic rings. The molecule has 1 N–H and O–H groups in total. The van der Waals surface area contributed by atoms with Gasteiger partial charge in [0.2, 0.25) is 0 Å². The number of rotatable bonds is 5. The fourth-order valence-corrected chi connectivity index (χ4v) is 3.60. The molecule has 0 atom stereocenters. The number of alkyl halides is 4. The van der Waals surface area contributed by atoms with E-state index in [4.69, 9.17) is 0 Å². The monoisotopic (exact) mass is 354 g/mol. The number of hydrogen-bond donors (Lipinski definition) is 1. The fraction of sp³-hybridized carbons (Fsp3) is 0.538. The van der Waals surface area contributed by atoms with Crippen LogP contribution < -0.4 is 11.2 Å². The van der Waals surface area contributed by atoms with E-state index in [1.807, 2.05) is 0 Å². The molecule has 0 spiro atoms. The lowest BCUT2D eigenvalue weighted by Crippen LogP contribution is -2.39. The van der Waals surface area contributed by atoms with Gasteiger partial charge < -0.3 is 5.11 Å². The zero-order valence-corrected chi connectivity index (χ0v) is 12.9. The number of hydrogen-bond acceptors (Lipinski definition) is 4. The third kappa shape index (κ3) is 2.92. The second-order valence-electron chi connectivity index (χ2n) is 4.76. The molecule has 0 bridgehead atoms. The average molecular weight is 354 g/mol. The number of aromatic nitrogens is 2. The lowest BCUT2D eigenvalue weighted by atomic mass is 10.2. The summed E-state index contributed by atoms with van der Waals surface area (Å²) < 4.78 is 54.0. The molecule has 0 radical (unpaired) electrons. The van der Waals surface area contributed by atoms with Crippen molar-refractivity contribution in [2.45, 2.75) is 39.2 Å². The first-order chi connectivity index (χ1) is 10.8. The molecule has 2 heterocycles. The van der Waals surface area contributed by atoms with Gasteiger partial charge in [0, 0.05) is 18.0 Å². The van der Waals surface area contributed by atoms with E-state index in [1.165, 1.54) is 6.92 Å². The Balaban J connectivity index is 3.00. The highest BCUT2D eigenvalue weighted by molar-refractivity contribution is 7.18. The Kier molecular flexibility index (Phi) is 4.95. The van der Waals surface area contributed by atoms with Gasteiger partial charge in [0.15, 0.2) is 0 Å². The zero-order chi connectivity index (χ0) is 17.4. The van der Waals surface area contributed by atoms with Gasteiger partial charge in [0.25, 0.3) is 5.56 Å². The van der Waals surface area contributed by atoms with Gasteiger partial charge in [0.1, 0.15) is 4.83 Å². The third-order valence-electron chi connectivity index (χ3n) is 3.39. The van der Waals surface area contributed by atoms with Crippen molar-refractivity contribution in [3.63, 3.8) is 0 Å². The molecule has 0 aliphatic carbocycles. The number of aryl methyl sites for hydroxylation is 1. The number of nitrogens with zero attached hydrogens (tertiary/aromatic N) is 2. The lowest BCUT2D eigenvalue weighted by molar-refractivity contribution is -0.137. The van der Waals surface area contributed by atoms with Crippen LogP contribution in [-0.2, 0) is 25.9 Å². The molecule has 23 heavy (non-hydrogen) atoms. The zero-order valence-electron chi connectivity index (χ0n) is 12.1. The van der Waals surface area contributed by atoms with Crippen LogP contribution >= 0.6 is 11.3 Å². The van der Waals surface area contributed by atoms with Gasteiger partial charge in [-0.05, 0) is 13.3 Å². The molecule has 0 aromatic carbocycles. The van der Waals surface area contributed by atoms with Crippen molar-refractivity contribution in [2.24, 2.45) is 0 Å². The van der Waals surface area contributed by atoms with Crippen molar-refractivity contribution in [1.29, 1.82) is 0 Å². The van der Waals surface area contributed by atoms with E-state index in [0.29, 0.717) is 15.9 Å². The summed E-state index contributed by atoms with van der Waals surface area (Å²) in [5, 5.41) is 8.54. The van der Waals surface area contributed by atoms with Crippen molar-refractivity contribution in [3.8, 4) is 0 Å². The summed E-state index contributed by atoms with van der Waals surface area (Å²) in [4.78, 5) is 23.9. The third-order valence-corrected chi connectivity index (χ3v) is 4.58. The van der Waals surface area contributed by atoms with Crippen molar-refractivity contribution in [1.82, 2.24) is 9.13 Å². The van der Waals surface area contributed by atoms with E-state index in [2.05, 4.69) is 0 Å². The summed E-state index contributed by atoms with van der Waals surface area (Å²) in [5.41, 5.74) is -3.05. The minimum atomic E-state index is -4.84. The predicted molar refractivity (Wildman–Crippen MR) is 77.5 cm³/mol. The standard InChI is InChI=1S/C13H14F4N2O3S/c1-2-18-10(21)8-9(13(15,16)17)7(6-20)23-11(8)19(12(18)22)5-3-4-14/h20H,2-6H2,1H3. The van der Waals surface area contributed by atoms with E-state index in [0.717, 1.165) is 4.57 Å². The van der Waals surface area contributed by atoms with Crippen LogP contribution in [0.5, 0.6) is 0 Å². The van der Waals surface area contributed by atoms with E-state index in [1.54, 1.807) is 0 Å². The van der Waals surface area contributed by atoms with Crippen molar-refractivity contribution in [3.05, 3.63) is 31.3 Å². The molecule has 0 fully saturated rings. The van der Waals surface area contributed by atoms with Gasteiger partial charge in [-0.3, -0.25) is 18.3 Å². The van der Waals surface area contributed by atoms with Gasteiger partial charge >= 0.3 is 11.9 Å². The minimum absolute atomic E-state index is 0.0648. The quantitative estimate of drug-likeness (QED) is 0.837. The molecule has 5 nitrogen and oxygen atoms in total. The molecular weight excluding hydrogens is 340 g/mol. The summed E-state index contributed by atoms with van der Waals surface area (Å²) in [5.74, 6) is 0. The number of fused-ring (bicyclic) bond motifs is 1. The van der Waals surface area contributed by atoms with Crippen LogP contribution in [-0.4, -0.2) is 20.9 Å². The Morgan fingerprint density at radius 1 is 1.22 bits per heavy atom. The molecule has 0 unspecified atom stereocenters. The normalized spacial score (nSPS) is 12.3. The predicted octanol–water partition coefficient (Wildman–Crippen LogP) is 2.12. The maximum absolute atomic E-state index is 13.3. The SMILES string of the molecule is CCn1c(=O)c2c(C(F)(F)F)c(CO)sc2n(CCCF)c1=O. The van der Waals surface area contributed by atoms with Crippen molar-refractivity contribution < 1.29 is 22.7 Å². The number of aliphatic hydroxyl groups is 1. The van der Waals surface area contributed by atoms with Crippen LogP contribution in [0.2, 0.25) is 0 Å². The van der Waals surface area contributed by atoms with Crippen LogP contribution in [0.25, 0.3) is 10.2 Å². The highest BCUT2D eigenvalue weighted by Crippen LogP contribution is 2.40. The highest BCUT2D eigenvalue weighted by Gasteiger charge is 2.39. The maximum Gasteiger partial charge on any atom is 0.418 e. The van der Waals surface area contributed by atoms with Gasteiger partial charge in [-0.25, -0.2) is 4.79 Å².